The summed E-state index contributed by atoms with van der Waals surface area (Å²) in [6, 6.07) is 16.1. The van der Waals surface area contributed by atoms with E-state index in [-0.39, 0.29) is 0 Å². The minimum absolute atomic E-state index is 0.749. The summed E-state index contributed by atoms with van der Waals surface area (Å²) in [6.07, 6.45) is 7.89. The third kappa shape index (κ3) is 5.68. The van der Waals surface area contributed by atoms with Crippen molar-refractivity contribution in [3.05, 3.63) is 60.3 Å². The van der Waals surface area contributed by atoms with Crippen molar-refractivity contribution < 1.29 is 14.2 Å². The van der Waals surface area contributed by atoms with Gasteiger partial charge in [0.2, 0.25) is 0 Å². The Morgan fingerprint density at radius 2 is 1.70 bits per heavy atom. The van der Waals surface area contributed by atoms with Crippen LogP contribution in [0.3, 0.4) is 0 Å². The van der Waals surface area contributed by atoms with Gasteiger partial charge in [0.1, 0.15) is 5.75 Å². The van der Waals surface area contributed by atoms with Crippen molar-refractivity contribution in [1.82, 2.24) is 4.90 Å². The van der Waals surface area contributed by atoms with Gasteiger partial charge in [0, 0.05) is 13.1 Å². The normalized spacial score (nSPS) is 15.1. The Labute approximate surface area is 162 Å². The lowest BCUT2D eigenvalue weighted by Gasteiger charge is -2.31. The SMILES string of the molecule is COc1ccc(C=CN2CCC(CCOc3ccccc3)CC2)cc1OC. The molecule has 4 heteroatoms. The Kier molecular flexibility index (Phi) is 7.03. The van der Waals surface area contributed by atoms with Gasteiger partial charge >= 0.3 is 0 Å². The fraction of sp³-hybridized carbons (Fsp3) is 0.391. The molecule has 2 aromatic carbocycles. The van der Waals surface area contributed by atoms with Crippen LogP contribution in [0.25, 0.3) is 6.08 Å². The Hall–Kier alpha value is -2.62. The molecule has 1 heterocycles. The zero-order valence-electron chi connectivity index (χ0n) is 16.3. The van der Waals surface area contributed by atoms with Gasteiger partial charge < -0.3 is 19.1 Å². The molecule has 0 atom stereocenters. The van der Waals surface area contributed by atoms with Crippen LogP contribution < -0.4 is 14.2 Å². The van der Waals surface area contributed by atoms with Crippen LogP contribution >= 0.6 is 0 Å². The average molecular weight is 367 g/mol. The fourth-order valence-electron chi connectivity index (χ4n) is 3.40. The standard InChI is InChI=1S/C23H29NO3/c1-25-22-9-8-20(18-23(22)26-2)12-16-24-14-10-19(11-15-24)13-17-27-21-6-4-3-5-7-21/h3-9,12,16,18-19H,10-11,13-15,17H2,1-2H3. The van der Waals surface area contributed by atoms with Crippen molar-refractivity contribution in [3.63, 3.8) is 0 Å². The number of benzene rings is 2. The lowest BCUT2D eigenvalue weighted by Crippen LogP contribution is -2.30. The molecule has 3 rings (SSSR count). The summed E-state index contributed by atoms with van der Waals surface area (Å²) in [5.74, 6) is 3.23. The lowest BCUT2D eigenvalue weighted by molar-refractivity contribution is 0.202. The van der Waals surface area contributed by atoms with Gasteiger partial charge in [-0.15, -0.1) is 0 Å². The summed E-state index contributed by atoms with van der Waals surface area (Å²) in [6.45, 7) is 3.00. The molecular formula is C23H29NO3. The molecule has 0 unspecified atom stereocenters. The van der Waals surface area contributed by atoms with Crippen molar-refractivity contribution in [2.24, 2.45) is 5.92 Å². The topological polar surface area (TPSA) is 30.9 Å². The highest BCUT2D eigenvalue weighted by atomic mass is 16.5. The maximum absolute atomic E-state index is 5.83. The average Bonchev–Trinajstić information content (AvgIpc) is 2.73. The van der Waals surface area contributed by atoms with Gasteiger partial charge in [0.05, 0.1) is 20.8 Å². The van der Waals surface area contributed by atoms with E-state index in [1.54, 1.807) is 14.2 Å². The molecule has 4 nitrogen and oxygen atoms in total. The number of hydrogen-bond acceptors (Lipinski definition) is 4. The van der Waals surface area contributed by atoms with Crippen LogP contribution in [0.1, 0.15) is 24.8 Å². The van der Waals surface area contributed by atoms with E-state index in [0.717, 1.165) is 54.8 Å². The second-order valence-electron chi connectivity index (χ2n) is 6.86. The third-order valence-electron chi connectivity index (χ3n) is 5.07. The number of ether oxygens (including phenoxy) is 3. The van der Waals surface area contributed by atoms with Crippen LogP contribution in [0.2, 0.25) is 0 Å². The molecule has 27 heavy (non-hydrogen) atoms. The second kappa shape index (κ2) is 9.91. The minimum Gasteiger partial charge on any atom is -0.494 e. The Morgan fingerprint density at radius 3 is 2.41 bits per heavy atom. The first-order chi connectivity index (χ1) is 13.3. The summed E-state index contributed by atoms with van der Waals surface area (Å²) < 4.78 is 16.5. The summed E-state index contributed by atoms with van der Waals surface area (Å²) >= 11 is 0. The van der Waals surface area contributed by atoms with Crippen LogP contribution in [0, 0.1) is 5.92 Å². The smallest absolute Gasteiger partial charge is 0.161 e. The molecule has 0 N–H and O–H groups in total. The van der Waals surface area contributed by atoms with Crippen LogP contribution in [0.5, 0.6) is 17.2 Å². The van der Waals surface area contributed by atoms with Crippen molar-refractivity contribution in [2.45, 2.75) is 19.3 Å². The molecule has 144 valence electrons. The fourth-order valence-corrected chi connectivity index (χ4v) is 3.40. The predicted octanol–water partition coefficient (Wildman–Crippen LogP) is 4.86. The first-order valence-electron chi connectivity index (χ1n) is 9.60. The van der Waals surface area contributed by atoms with E-state index >= 15 is 0 Å². The van der Waals surface area contributed by atoms with E-state index in [2.05, 4.69) is 17.2 Å². The van der Waals surface area contributed by atoms with E-state index in [0.29, 0.717) is 0 Å². The second-order valence-corrected chi connectivity index (χ2v) is 6.86. The molecule has 0 aromatic heterocycles. The van der Waals surface area contributed by atoms with Crippen molar-refractivity contribution in [2.75, 3.05) is 33.9 Å². The van der Waals surface area contributed by atoms with E-state index in [1.807, 2.05) is 48.5 Å². The summed E-state index contributed by atoms with van der Waals surface area (Å²) in [5, 5.41) is 0. The quantitative estimate of drug-likeness (QED) is 0.667. The van der Waals surface area contributed by atoms with Gasteiger partial charge in [-0.25, -0.2) is 0 Å². The monoisotopic (exact) mass is 367 g/mol. The van der Waals surface area contributed by atoms with Gasteiger partial charge in [-0.05, 0) is 67.3 Å². The van der Waals surface area contributed by atoms with Crippen LogP contribution in [-0.4, -0.2) is 38.8 Å². The van der Waals surface area contributed by atoms with Crippen molar-refractivity contribution in [1.29, 1.82) is 0 Å². The Morgan fingerprint density at radius 1 is 0.963 bits per heavy atom. The number of likely N-dealkylation sites (tertiary alicyclic amines) is 1. The van der Waals surface area contributed by atoms with Gasteiger partial charge in [0.15, 0.2) is 11.5 Å². The first kappa shape index (κ1) is 19.2. The minimum atomic E-state index is 0.749. The van der Waals surface area contributed by atoms with E-state index in [4.69, 9.17) is 14.2 Å². The highest BCUT2D eigenvalue weighted by Gasteiger charge is 2.17. The molecule has 1 aliphatic heterocycles. The molecule has 0 saturated carbocycles. The Balaban J connectivity index is 1.42. The van der Waals surface area contributed by atoms with E-state index in [1.165, 1.54) is 12.8 Å². The van der Waals surface area contributed by atoms with Gasteiger partial charge in [-0.1, -0.05) is 24.3 Å². The van der Waals surface area contributed by atoms with Gasteiger partial charge in [0.25, 0.3) is 0 Å². The molecule has 1 saturated heterocycles. The Bertz CT molecular complexity index is 722. The molecule has 0 amide bonds. The maximum Gasteiger partial charge on any atom is 0.161 e. The van der Waals surface area contributed by atoms with Gasteiger partial charge in [-0.2, -0.15) is 0 Å². The van der Waals surface area contributed by atoms with Crippen LogP contribution in [-0.2, 0) is 0 Å². The molecule has 1 aliphatic rings. The molecular weight excluding hydrogens is 338 g/mol. The third-order valence-corrected chi connectivity index (χ3v) is 5.07. The molecule has 0 aliphatic carbocycles. The van der Waals surface area contributed by atoms with E-state index < -0.39 is 0 Å². The molecule has 2 aromatic rings. The number of hydrogen-bond donors (Lipinski definition) is 0. The van der Waals surface area contributed by atoms with Crippen molar-refractivity contribution in [3.8, 4) is 17.2 Å². The molecule has 1 fully saturated rings. The highest BCUT2D eigenvalue weighted by Crippen LogP contribution is 2.28. The van der Waals surface area contributed by atoms with Crippen molar-refractivity contribution >= 4 is 6.08 Å². The molecule has 0 bridgehead atoms. The summed E-state index contributed by atoms with van der Waals surface area (Å²) in [4.78, 5) is 2.39. The largest absolute Gasteiger partial charge is 0.494 e. The number of para-hydroxylation sites is 1. The molecule has 0 spiro atoms. The van der Waals surface area contributed by atoms with Crippen LogP contribution in [0.4, 0.5) is 0 Å². The predicted molar refractivity (Wildman–Crippen MR) is 109 cm³/mol. The maximum atomic E-state index is 5.83. The first-order valence-corrected chi connectivity index (χ1v) is 9.60. The highest BCUT2D eigenvalue weighted by molar-refractivity contribution is 5.55. The summed E-state index contributed by atoms with van der Waals surface area (Å²) in [7, 11) is 3.32. The summed E-state index contributed by atoms with van der Waals surface area (Å²) in [5.41, 5.74) is 1.12. The zero-order valence-corrected chi connectivity index (χ0v) is 16.3. The lowest BCUT2D eigenvalue weighted by atomic mass is 9.94. The van der Waals surface area contributed by atoms with Gasteiger partial charge in [-0.3, -0.25) is 0 Å². The van der Waals surface area contributed by atoms with E-state index in [9.17, 15) is 0 Å². The number of rotatable bonds is 8. The zero-order chi connectivity index (χ0) is 18.9. The number of methoxy groups -OCH3 is 2. The van der Waals surface area contributed by atoms with Crippen LogP contribution in [0.15, 0.2) is 54.7 Å². The number of piperidine rings is 1. The number of nitrogens with zero attached hydrogens (tertiary/aromatic N) is 1. The molecule has 0 radical (unpaired) electrons.